The zero-order chi connectivity index (χ0) is 14.8. The summed E-state index contributed by atoms with van der Waals surface area (Å²) in [6.07, 6.45) is 1.26. The van der Waals surface area contributed by atoms with E-state index in [1.54, 1.807) is 27.7 Å². The van der Waals surface area contributed by atoms with E-state index in [0.29, 0.717) is 0 Å². The molecule has 0 amide bonds. The molecular weight excluding hydrogens is 280 g/mol. The molecule has 18 heavy (non-hydrogen) atoms. The molecule has 0 aliphatic heterocycles. The summed E-state index contributed by atoms with van der Waals surface area (Å²) in [6.45, 7) is 6.88. The molecule has 0 fully saturated rings. The maximum atomic E-state index is 11.2. The Morgan fingerprint density at radius 1 is 1.00 bits per heavy atom. The van der Waals surface area contributed by atoms with Crippen molar-refractivity contribution < 1.29 is 25.2 Å². The highest BCUT2D eigenvalue weighted by Crippen LogP contribution is 2.30. The van der Waals surface area contributed by atoms with Gasteiger partial charge in [-0.25, -0.2) is 0 Å². The molecule has 1 unspecified atom stereocenters. The van der Waals surface area contributed by atoms with Crippen LogP contribution in [0.25, 0.3) is 0 Å². The SMILES string of the molecule is CC(C)C(OS(C)(=O)=O)C(C)(C)COS(C)(=O)=O. The fraction of sp³-hybridized carbons (Fsp3) is 1.00. The van der Waals surface area contributed by atoms with Gasteiger partial charge in [0.25, 0.3) is 20.2 Å². The van der Waals surface area contributed by atoms with E-state index in [4.69, 9.17) is 8.37 Å². The maximum Gasteiger partial charge on any atom is 0.264 e. The third kappa shape index (κ3) is 7.30. The molecule has 0 rings (SSSR count). The van der Waals surface area contributed by atoms with E-state index in [1.807, 2.05) is 0 Å². The van der Waals surface area contributed by atoms with Gasteiger partial charge in [0.2, 0.25) is 0 Å². The van der Waals surface area contributed by atoms with Crippen molar-refractivity contribution in [3.63, 3.8) is 0 Å². The van der Waals surface area contributed by atoms with Gasteiger partial charge >= 0.3 is 0 Å². The van der Waals surface area contributed by atoms with Gasteiger partial charge in [-0.2, -0.15) is 16.8 Å². The van der Waals surface area contributed by atoms with E-state index >= 15 is 0 Å². The van der Waals surface area contributed by atoms with Crippen molar-refractivity contribution in [2.75, 3.05) is 19.1 Å². The predicted octanol–water partition coefficient (Wildman–Crippen LogP) is 0.990. The van der Waals surface area contributed by atoms with Crippen LogP contribution in [0.15, 0.2) is 0 Å². The average Bonchev–Trinajstić information content (AvgIpc) is 2.08. The van der Waals surface area contributed by atoms with Gasteiger partial charge in [0, 0.05) is 5.41 Å². The third-order valence-electron chi connectivity index (χ3n) is 2.30. The molecule has 0 saturated carbocycles. The Morgan fingerprint density at radius 3 is 1.72 bits per heavy atom. The quantitative estimate of drug-likeness (QED) is 0.652. The third-order valence-corrected chi connectivity index (χ3v) is 3.40. The molecule has 0 radical (unpaired) electrons. The highest BCUT2D eigenvalue weighted by Gasteiger charge is 2.36. The van der Waals surface area contributed by atoms with Crippen LogP contribution >= 0.6 is 0 Å². The molecule has 0 aromatic carbocycles. The molecule has 0 aliphatic rings. The van der Waals surface area contributed by atoms with E-state index in [9.17, 15) is 16.8 Å². The van der Waals surface area contributed by atoms with Gasteiger partial charge in [0.15, 0.2) is 0 Å². The van der Waals surface area contributed by atoms with E-state index in [-0.39, 0.29) is 12.5 Å². The largest absolute Gasteiger partial charge is 0.270 e. The van der Waals surface area contributed by atoms with Crippen molar-refractivity contribution in [2.24, 2.45) is 11.3 Å². The van der Waals surface area contributed by atoms with Crippen molar-refractivity contribution in [3.05, 3.63) is 0 Å². The standard InChI is InChI=1S/C10H22O6S2/c1-8(2)9(16-18(6,13)14)10(3,4)7-15-17(5,11)12/h8-9H,7H2,1-6H3. The minimum absolute atomic E-state index is 0.0992. The van der Waals surface area contributed by atoms with Crippen molar-refractivity contribution in [3.8, 4) is 0 Å². The normalized spacial score (nSPS) is 15.9. The summed E-state index contributed by atoms with van der Waals surface area (Å²) >= 11 is 0. The second-order valence-electron chi connectivity index (χ2n) is 5.42. The molecule has 0 aliphatic carbocycles. The summed E-state index contributed by atoms with van der Waals surface area (Å²) in [4.78, 5) is 0. The lowest BCUT2D eigenvalue weighted by Gasteiger charge is -2.35. The lowest BCUT2D eigenvalue weighted by molar-refractivity contribution is 0.0111. The van der Waals surface area contributed by atoms with Crippen LogP contribution in [0.5, 0.6) is 0 Å². The van der Waals surface area contributed by atoms with Crippen LogP contribution in [0, 0.1) is 11.3 Å². The van der Waals surface area contributed by atoms with Gasteiger partial charge in [-0.1, -0.05) is 27.7 Å². The zero-order valence-electron chi connectivity index (χ0n) is 11.6. The van der Waals surface area contributed by atoms with Crippen LogP contribution in [0.4, 0.5) is 0 Å². The van der Waals surface area contributed by atoms with E-state index < -0.39 is 31.8 Å². The molecule has 6 nitrogen and oxygen atoms in total. The Hall–Kier alpha value is -0.180. The van der Waals surface area contributed by atoms with Crippen molar-refractivity contribution in [2.45, 2.75) is 33.8 Å². The smallest absolute Gasteiger partial charge is 0.264 e. The fourth-order valence-electron chi connectivity index (χ4n) is 1.67. The van der Waals surface area contributed by atoms with Crippen LogP contribution in [0.1, 0.15) is 27.7 Å². The monoisotopic (exact) mass is 302 g/mol. The average molecular weight is 302 g/mol. The van der Waals surface area contributed by atoms with Crippen LogP contribution in [0.2, 0.25) is 0 Å². The van der Waals surface area contributed by atoms with Crippen molar-refractivity contribution in [1.82, 2.24) is 0 Å². The van der Waals surface area contributed by atoms with E-state index in [2.05, 4.69) is 0 Å². The molecular formula is C10H22O6S2. The minimum Gasteiger partial charge on any atom is -0.270 e. The summed E-state index contributed by atoms with van der Waals surface area (Å²) in [5.74, 6) is -0.0992. The first-order valence-corrected chi connectivity index (χ1v) is 9.10. The molecule has 0 aromatic rings. The fourth-order valence-corrected chi connectivity index (χ4v) is 3.05. The summed E-state index contributed by atoms with van der Waals surface area (Å²) in [7, 11) is -7.18. The topological polar surface area (TPSA) is 86.7 Å². The molecule has 0 heterocycles. The van der Waals surface area contributed by atoms with Gasteiger partial charge < -0.3 is 0 Å². The molecule has 0 saturated heterocycles. The van der Waals surface area contributed by atoms with Crippen LogP contribution in [-0.2, 0) is 28.6 Å². The van der Waals surface area contributed by atoms with Gasteiger partial charge in [-0.3, -0.25) is 8.37 Å². The number of hydrogen-bond acceptors (Lipinski definition) is 6. The van der Waals surface area contributed by atoms with Crippen LogP contribution in [-0.4, -0.2) is 42.1 Å². The number of hydrogen-bond donors (Lipinski definition) is 0. The first-order chi connectivity index (χ1) is 7.75. The summed E-state index contributed by atoms with van der Waals surface area (Å²) < 4.78 is 54.1. The lowest BCUT2D eigenvalue weighted by Crippen LogP contribution is -2.41. The second kappa shape index (κ2) is 5.85. The maximum absolute atomic E-state index is 11.2. The molecule has 0 aromatic heterocycles. The Balaban J connectivity index is 4.99. The first kappa shape index (κ1) is 17.8. The van der Waals surface area contributed by atoms with E-state index in [0.717, 1.165) is 12.5 Å². The molecule has 0 N–H and O–H groups in total. The summed E-state index contributed by atoms with van der Waals surface area (Å²) in [5, 5.41) is 0. The Kier molecular flexibility index (Phi) is 5.79. The molecule has 0 bridgehead atoms. The lowest BCUT2D eigenvalue weighted by atomic mass is 9.82. The molecule has 110 valence electrons. The van der Waals surface area contributed by atoms with Crippen LogP contribution in [0.3, 0.4) is 0 Å². The summed E-state index contributed by atoms with van der Waals surface area (Å²) in [5.41, 5.74) is -0.750. The zero-order valence-corrected chi connectivity index (χ0v) is 13.3. The molecule has 8 heteroatoms. The van der Waals surface area contributed by atoms with Crippen LogP contribution < -0.4 is 0 Å². The second-order valence-corrected chi connectivity index (χ2v) is 8.66. The van der Waals surface area contributed by atoms with Crippen molar-refractivity contribution >= 4 is 20.2 Å². The highest BCUT2D eigenvalue weighted by atomic mass is 32.2. The number of rotatable bonds is 7. The minimum atomic E-state index is -3.61. The van der Waals surface area contributed by atoms with Gasteiger partial charge in [-0.15, -0.1) is 0 Å². The predicted molar refractivity (Wildman–Crippen MR) is 69.1 cm³/mol. The Morgan fingerprint density at radius 2 is 1.44 bits per heavy atom. The highest BCUT2D eigenvalue weighted by molar-refractivity contribution is 7.86. The van der Waals surface area contributed by atoms with E-state index in [1.165, 1.54) is 0 Å². The molecule has 1 atom stereocenters. The Bertz CT molecular complexity index is 461. The van der Waals surface area contributed by atoms with Gasteiger partial charge in [-0.05, 0) is 5.92 Å². The van der Waals surface area contributed by atoms with Gasteiger partial charge in [0.1, 0.15) is 0 Å². The molecule has 0 spiro atoms. The first-order valence-electron chi connectivity index (χ1n) is 5.47. The Labute approximate surface area is 110 Å². The summed E-state index contributed by atoms with van der Waals surface area (Å²) in [6, 6.07) is 0. The van der Waals surface area contributed by atoms with Crippen molar-refractivity contribution in [1.29, 1.82) is 0 Å². The van der Waals surface area contributed by atoms with Gasteiger partial charge in [0.05, 0.1) is 25.2 Å².